The maximum Gasteiger partial charge on any atom is 0.304 e. The van der Waals surface area contributed by atoms with Gasteiger partial charge in [0.1, 0.15) is 28.0 Å². The van der Waals surface area contributed by atoms with Crippen molar-refractivity contribution in [2.45, 2.75) is 11.8 Å². The fourth-order valence-electron chi connectivity index (χ4n) is 3.58. The van der Waals surface area contributed by atoms with E-state index in [4.69, 9.17) is 4.74 Å². The van der Waals surface area contributed by atoms with Crippen LogP contribution in [-0.2, 0) is 26.6 Å². The molecule has 0 amide bonds. The van der Waals surface area contributed by atoms with Crippen LogP contribution >= 0.6 is 0 Å². The fourth-order valence-corrected chi connectivity index (χ4v) is 4.98. The number of sulfonamides is 1. The van der Waals surface area contributed by atoms with Gasteiger partial charge in [0.15, 0.2) is 12.5 Å². The maximum absolute atomic E-state index is 16.0. The summed E-state index contributed by atoms with van der Waals surface area (Å²) in [5.41, 5.74) is -0.799. The summed E-state index contributed by atoms with van der Waals surface area (Å²) < 4.78 is 92.3. The van der Waals surface area contributed by atoms with Gasteiger partial charge in [-0.15, -0.1) is 0 Å². The summed E-state index contributed by atoms with van der Waals surface area (Å²) >= 11 is 0. The zero-order valence-electron chi connectivity index (χ0n) is 19.3. The summed E-state index contributed by atoms with van der Waals surface area (Å²) in [6.45, 7) is -0.135. The Labute approximate surface area is 208 Å². The zero-order chi connectivity index (χ0) is 26.9. The topological polar surface area (TPSA) is 94.4 Å². The summed E-state index contributed by atoms with van der Waals surface area (Å²) in [5, 5.41) is 4.15. The van der Waals surface area contributed by atoms with Crippen molar-refractivity contribution in [1.29, 1.82) is 0 Å². The largest absolute Gasteiger partial charge is 0.443 e. The zero-order valence-corrected chi connectivity index (χ0v) is 20.1. The average molecular weight is 534 g/mol. The number of carbonyl (C=O) groups excluding carboxylic acids is 1. The van der Waals surface area contributed by atoms with Crippen molar-refractivity contribution >= 4 is 21.7 Å². The van der Waals surface area contributed by atoms with Crippen LogP contribution in [-0.4, -0.2) is 35.9 Å². The number of rotatable bonds is 7. The Kier molecular flexibility index (Phi) is 6.99. The number of ether oxygens (including phenoxy) is 1. The minimum Gasteiger partial charge on any atom is -0.443 e. The highest BCUT2D eigenvalue weighted by Gasteiger charge is 2.33. The maximum atomic E-state index is 16.0. The molecule has 8 nitrogen and oxygen atoms in total. The quantitative estimate of drug-likeness (QED) is 0.198. The second kappa shape index (κ2) is 10.0. The number of benzene rings is 2. The lowest BCUT2D eigenvalue weighted by molar-refractivity contribution is -0.140. The van der Waals surface area contributed by atoms with E-state index in [-0.39, 0.29) is 10.00 Å². The van der Waals surface area contributed by atoms with E-state index in [0.717, 1.165) is 19.1 Å². The van der Waals surface area contributed by atoms with Gasteiger partial charge in [-0.3, -0.25) is 14.5 Å². The minimum absolute atomic E-state index is 0.160. The van der Waals surface area contributed by atoms with Gasteiger partial charge >= 0.3 is 5.97 Å². The molecular weight excluding hydrogens is 516 g/mol. The van der Waals surface area contributed by atoms with Crippen LogP contribution in [0.5, 0.6) is 0 Å². The number of pyridine rings is 1. The number of hydrogen-bond donors (Lipinski definition) is 0. The van der Waals surface area contributed by atoms with Crippen molar-refractivity contribution in [3.8, 4) is 22.4 Å². The molecule has 0 atom stereocenters. The molecule has 0 aliphatic heterocycles. The molecule has 0 spiro atoms. The van der Waals surface area contributed by atoms with Crippen LogP contribution in [0.3, 0.4) is 0 Å². The van der Waals surface area contributed by atoms with Crippen LogP contribution in [0.4, 0.5) is 23.2 Å². The third kappa shape index (κ3) is 5.03. The molecule has 0 N–H and O–H groups in total. The van der Waals surface area contributed by atoms with Crippen molar-refractivity contribution < 1.29 is 35.5 Å². The number of carbonyl (C=O) groups is 1. The summed E-state index contributed by atoms with van der Waals surface area (Å²) in [4.78, 5) is 14.2. The highest BCUT2D eigenvalue weighted by atomic mass is 32.2. The van der Waals surface area contributed by atoms with Gasteiger partial charge in [-0.25, -0.2) is 30.3 Å². The highest BCUT2D eigenvalue weighted by Crippen LogP contribution is 2.38. The highest BCUT2D eigenvalue weighted by molar-refractivity contribution is 7.92. The Morgan fingerprint density at radius 3 is 2.38 bits per heavy atom. The Balaban J connectivity index is 1.94. The SMILES string of the molecule is CC(=O)OCN(c1ccc(F)c(-c2nn(C)cc2-c2ccncc2)c1F)S(=O)(=O)c1cc(F)ccc1F. The fraction of sp³-hybridized carbons (Fsp3) is 0.125. The van der Waals surface area contributed by atoms with E-state index in [1.54, 1.807) is 12.1 Å². The van der Waals surface area contributed by atoms with Gasteiger partial charge in [0.05, 0.1) is 11.3 Å². The van der Waals surface area contributed by atoms with E-state index in [0.29, 0.717) is 29.3 Å². The van der Waals surface area contributed by atoms with E-state index in [1.165, 1.54) is 30.3 Å². The van der Waals surface area contributed by atoms with Crippen LogP contribution in [0, 0.1) is 23.3 Å². The van der Waals surface area contributed by atoms with Crippen LogP contribution in [0.25, 0.3) is 22.4 Å². The molecule has 0 aliphatic carbocycles. The van der Waals surface area contributed by atoms with E-state index in [1.807, 2.05) is 0 Å². The summed E-state index contributed by atoms with van der Waals surface area (Å²) in [6.07, 6.45) is 4.44. The Morgan fingerprint density at radius 2 is 1.70 bits per heavy atom. The normalized spacial score (nSPS) is 11.4. The third-order valence-corrected chi connectivity index (χ3v) is 6.99. The van der Waals surface area contributed by atoms with E-state index < -0.39 is 62.1 Å². The van der Waals surface area contributed by atoms with Crippen LogP contribution in [0.1, 0.15) is 6.92 Å². The standard InChI is InChI=1S/C24H18F4N4O4S/c1-14(33)36-13-32(37(34,35)21-11-16(25)3-4-18(21)26)20-6-5-19(27)22(23(20)28)24-17(12-31(2)30-24)15-7-9-29-10-8-15/h3-12H,13H2,1-2H3. The first kappa shape index (κ1) is 25.8. The molecule has 0 unspecified atom stereocenters. The van der Waals surface area contributed by atoms with Gasteiger partial charge in [-0.2, -0.15) is 5.10 Å². The molecule has 2 heterocycles. The first-order valence-electron chi connectivity index (χ1n) is 10.5. The van der Waals surface area contributed by atoms with E-state index in [2.05, 4.69) is 10.1 Å². The monoisotopic (exact) mass is 534 g/mol. The van der Waals surface area contributed by atoms with Gasteiger partial charge in [0.2, 0.25) is 0 Å². The lowest BCUT2D eigenvalue weighted by Gasteiger charge is -2.25. The van der Waals surface area contributed by atoms with Crippen LogP contribution in [0.2, 0.25) is 0 Å². The second-order valence-corrected chi connectivity index (χ2v) is 9.58. The summed E-state index contributed by atoms with van der Waals surface area (Å²) in [5.74, 6) is -5.81. The van der Waals surface area contributed by atoms with Crippen molar-refractivity contribution in [3.63, 3.8) is 0 Å². The van der Waals surface area contributed by atoms with Crippen molar-refractivity contribution in [3.05, 3.63) is 84.3 Å². The number of nitrogens with zero attached hydrogens (tertiary/aromatic N) is 4. The molecule has 0 saturated heterocycles. The Bertz CT molecular complexity index is 1590. The van der Waals surface area contributed by atoms with Crippen molar-refractivity contribution in [1.82, 2.24) is 14.8 Å². The summed E-state index contributed by atoms with van der Waals surface area (Å²) in [7, 11) is -3.52. The van der Waals surface area contributed by atoms with E-state index in [9.17, 15) is 22.0 Å². The molecule has 0 aliphatic rings. The lowest BCUT2D eigenvalue weighted by atomic mass is 10.0. The number of aryl methyl sites for hydroxylation is 1. The van der Waals surface area contributed by atoms with Gasteiger partial charge in [0.25, 0.3) is 10.0 Å². The second-order valence-electron chi connectivity index (χ2n) is 7.75. The van der Waals surface area contributed by atoms with Gasteiger partial charge in [-0.1, -0.05) is 0 Å². The smallest absolute Gasteiger partial charge is 0.304 e. The molecule has 0 bridgehead atoms. The molecule has 192 valence electrons. The molecule has 2 aromatic heterocycles. The molecule has 2 aromatic carbocycles. The predicted octanol–water partition coefficient (Wildman–Crippen LogP) is 4.42. The van der Waals surface area contributed by atoms with Gasteiger partial charge < -0.3 is 4.74 Å². The minimum atomic E-state index is -5.05. The molecule has 0 radical (unpaired) electrons. The predicted molar refractivity (Wildman–Crippen MR) is 124 cm³/mol. The number of anilines is 1. The molecule has 13 heteroatoms. The number of esters is 1. The van der Waals surface area contributed by atoms with Crippen LogP contribution in [0.15, 0.2) is 66.0 Å². The Morgan fingerprint density at radius 1 is 1.03 bits per heavy atom. The van der Waals surface area contributed by atoms with E-state index >= 15 is 8.78 Å². The van der Waals surface area contributed by atoms with Crippen molar-refractivity contribution in [2.24, 2.45) is 7.05 Å². The molecule has 0 saturated carbocycles. The first-order chi connectivity index (χ1) is 17.5. The Hall–Kier alpha value is -4.26. The number of aromatic nitrogens is 3. The molecule has 4 rings (SSSR count). The van der Waals surface area contributed by atoms with Gasteiger partial charge in [0, 0.05) is 38.1 Å². The molecular formula is C24H18F4N4O4S. The number of halogens is 4. The van der Waals surface area contributed by atoms with Crippen molar-refractivity contribution in [2.75, 3.05) is 11.0 Å². The average Bonchev–Trinajstić information content (AvgIpc) is 3.23. The summed E-state index contributed by atoms with van der Waals surface area (Å²) in [6, 6.07) is 6.41. The molecule has 0 fully saturated rings. The van der Waals surface area contributed by atoms with Gasteiger partial charge in [-0.05, 0) is 48.0 Å². The first-order valence-corrected chi connectivity index (χ1v) is 12.0. The third-order valence-electron chi connectivity index (χ3n) is 5.24. The number of hydrogen-bond acceptors (Lipinski definition) is 6. The van der Waals surface area contributed by atoms with Crippen LogP contribution < -0.4 is 4.31 Å². The molecule has 37 heavy (non-hydrogen) atoms. The molecule has 4 aromatic rings. The lowest BCUT2D eigenvalue weighted by Crippen LogP contribution is -2.35.